The van der Waals surface area contributed by atoms with E-state index in [0.717, 1.165) is 0 Å². The van der Waals surface area contributed by atoms with E-state index in [1.807, 2.05) is 0 Å². The Bertz CT molecular complexity index is 327. The lowest BCUT2D eigenvalue weighted by Crippen LogP contribution is -2.19. The fourth-order valence-corrected chi connectivity index (χ4v) is 1.03. The minimum atomic E-state index is -4.34. The molecule has 0 saturated carbocycles. The van der Waals surface area contributed by atoms with Crippen molar-refractivity contribution in [1.29, 1.82) is 0 Å². The maximum Gasteiger partial charge on any atom is 0.422 e. The van der Waals surface area contributed by atoms with Gasteiger partial charge in [-0.25, -0.2) is 4.98 Å². The second-order valence-corrected chi connectivity index (χ2v) is 3.06. The molecule has 0 aliphatic carbocycles. The van der Waals surface area contributed by atoms with E-state index in [2.05, 4.69) is 9.72 Å². The molecule has 0 atom stereocenters. The summed E-state index contributed by atoms with van der Waals surface area (Å²) < 4.78 is 39.9. The fraction of sp³-hybridized carbons (Fsp3) is 0.375. The maximum absolute atomic E-state index is 11.8. The zero-order valence-corrected chi connectivity index (χ0v) is 7.99. The van der Waals surface area contributed by atoms with Crippen molar-refractivity contribution in [1.82, 2.24) is 4.98 Å². The first-order valence-electron chi connectivity index (χ1n) is 3.70. The van der Waals surface area contributed by atoms with Crippen molar-refractivity contribution in [2.75, 3.05) is 6.61 Å². The number of rotatable bonds is 2. The average molecular weight is 226 g/mol. The van der Waals surface area contributed by atoms with Gasteiger partial charge in [0.25, 0.3) is 0 Å². The highest BCUT2D eigenvalue weighted by Gasteiger charge is 2.28. The molecule has 0 spiro atoms. The quantitative estimate of drug-likeness (QED) is 0.722. The zero-order valence-electron chi connectivity index (χ0n) is 7.23. The summed E-state index contributed by atoms with van der Waals surface area (Å²) in [5.41, 5.74) is 0.522. The van der Waals surface area contributed by atoms with Crippen molar-refractivity contribution in [3.63, 3.8) is 0 Å². The summed E-state index contributed by atoms with van der Waals surface area (Å²) in [6, 6.07) is 1.44. The minimum absolute atomic E-state index is 0.0896. The number of aryl methyl sites for hydroxylation is 1. The van der Waals surface area contributed by atoms with Crippen LogP contribution in [0.2, 0.25) is 5.15 Å². The summed E-state index contributed by atoms with van der Waals surface area (Å²) in [4.78, 5) is 3.61. The van der Waals surface area contributed by atoms with Crippen molar-refractivity contribution >= 4 is 11.6 Å². The Balaban J connectivity index is 2.68. The largest absolute Gasteiger partial charge is 0.482 e. The lowest BCUT2D eigenvalue weighted by molar-refractivity contribution is -0.153. The van der Waals surface area contributed by atoms with Crippen LogP contribution in [0.5, 0.6) is 5.75 Å². The molecule has 0 aromatic carbocycles. The third-order valence-electron chi connectivity index (χ3n) is 1.42. The number of halogens is 4. The molecule has 1 heterocycles. The highest BCUT2D eigenvalue weighted by atomic mass is 35.5. The Kier molecular flexibility index (Phi) is 3.21. The van der Waals surface area contributed by atoms with Gasteiger partial charge in [-0.05, 0) is 18.6 Å². The molecule has 0 saturated heterocycles. The summed E-state index contributed by atoms with van der Waals surface area (Å²) in [7, 11) is 0. The predicted molar refractivity (Wildman–Crippen MR) is 45.5 cm³/mol. The molecule has 0 N–H and O–H groups in total. The van der Waals surface area contributed by atoms with Gasteiger partial charge in [0, 0.05) is 0 Å². The van der Waals surface area contributed by atoms with E-state index in [4.69, 9.17) is 11.6 Å². The number of aromatic nitrogens is 1. The summed E-state index contributed by atoms with van der Waals surface area (Å²) >= 11 is 5.52. The van der Waals surface area contributed by atoms with Crippen LogP contribution in [-0.2, 0) is 0 Å². The van der Waals surface area contributed by atoms with Crippen LogP contribution < -0.4 is 4.74 Å². The smallest absolute Gasteiger partial charge is 0.422 e. The van der Waals surface area contributed by atoms with Crippen LogP contribution in [0, 0.1) is 6.92 Å². The van der Waals surface area contributed by atoms with E-state index < -0.39 is 12.8 Å². The van der Waals surface area contributed by atoms with Crippen molar-refractivity contribution in [2.45, 2.75) is 13.1 Å². The highest BCUT2D eigenvalue weighted by molar-refractivity contribution is 6.29. The third-order valence-corrected chi connectivity index (χ3v) is 1.63. The van der Waals surface area contributed by atoms with Crippen molar-refractivity contribution in [3.8, 4) is 5.75 Å². The number of ether oxygens (including phenoxy) is 1. The topological polar surface area (TPSA) is 22.1 Å². The second kappa shape index (κ2) is 4.04. The van der Waals surface area contributed by atoms with Gasteiger partial charge in [-0.2, -0.15) is 13.2 Å². The molecule has 0 aliphatic rings. The minimum Gasteiger partial charge on any atom is -0.482 e. The van der Waals surface area contributed by atoms with Crippen LogP contribution in [0.15, 0.2) is 12.3 Å². The normalized spacial score (nSPS) is 11.5. The van der Waals surface area contributed by atoms with Crippen LogP contribution >= 0.6 is 11.6 Å². The van der Waals surface area contributed by atoms with Gasteiger partial charge in [0.1, 0.15) is 10.9 Å². The Hall–Kier alpha value is -0.970. The van der Waals surface area contributed by atoms with E-state index in [1.165, 1.54) is 12.3 Å². The van der Waals surface area contributed by atoms with E-state index >= 15 is 0 Å². The molecule has 0 radical (unpaired) electrons. The molecule has 14 heavy (non-hydrogen) atoms. The van der Waals surface area contributed by atoms with E-state index in [0.29, 0.717) is 5.56 Å². The Morgan fingerprint density at radius 1 is 1.50 bits per heavy atom. The Morgan fingerprint density at radius 2 is 2.14 bits per heavy atom. The molecule has 2 nitrogen and oxygen atoms in total. The van der Waals surface area contributed by atoms with Gasteiger partial charge >= 0.3 is 6.18 Å². The lowest BCUT2D eigenvalue weighted by atomic mass is 10.3. The SMILES string of the molecule is Cc1cc(Cl)ncc1OCC(F)(F)F. The first-order valence-corrected chi connectivity index (χ1v) is 4.08. The summed E-state index contributed by atoms with van der Waals surface area (Å²) in [6.45, 7) is 0.274. The maximum atomic E-state index is 11.8. The van der Waals surface area contributed by atoms with Crippen LogP contribution in [0.25, 0.3) is 0 Å². The number of alkyl halides is 3. The van der Waals surface area contributed by atoms with Crippen LogP contribution in [-0.4, -0.2) is 17.8 Å². The highest BCUT2D eigenvalue weighted by Crippen LogP contribution is 2.22. The number of pyridine rings is 1. The fourth-order valence-electron chi connectivity index (χ4n) is 0.820. The summed E-state index contributed by atoms with van der Waals surface area (Å²) in [5, 5.41) is 0.224. The third kappa shape index (κ3) is 3.41. The number of hydrogen-bond acceptors (Lipinski definition) is 2. The predicted octanol–water partition coefficient (Wildman–Crippen LogP) is 2.98. The summed E-state index contributed by atoms with van der Waals surface area (Å²) in [5.74, 6) is 0.0896. The van der Waals surface area contributed by atoms with Gasteiger partial charge in [-0.1, -0.05) is 11.6 Å². The molecule has 6 heteroatoms. The van der Waals surface area contributed by atoms with Gasteiger partial charge in [-0.3, -0.25) is 0 Å². The molecule has 0 unspecified atom stereocenters. The Labute approximate surface area is 83.7 Å². The molecule has 1 aromatic heterocycles. The van der Waals surface area contributed by atoms with Gasteiger partial charge in [0.15, 0.2) is 6.61 Å². The molecule has 0 bridgehead atoms. The molecular formula is C8H7ClF3NO. The first-order chi connectivity index (χ1) is 6.38. The van der Waals surface area contributed by atoms with Crippen molar-refractivity contribution in [3.05, 3.63) is 23.0 Å². The molecule has 78 valence electrons. The number of nitrogens with zero attached hydrogens (tertiary/aromatic N) is 1. The molecule has 1 rings (SSSR count). The molecule has 1 aromatic rings. The van der Waals surface area contributed by atoms with Crippen LogP contribution in [0.4, 0.5) is 13.2 Å². The first kappa shape index (κ1) is 11.1. The molecule has 0 fully saturated rings. The average Bonchev–Trinajstić information content (AvgIpc) is 2.00. The van der Waals surface area contributed by atoms with E-state index in [9.17, 15) is 13.2 Å². The molecular weight excluding hydrogens is 219 g/mol. The molecule has 0 amide bonds. The zero-order chi connectivity index (χ0) is 10.8. The standard InChI is InChI=1S/C8H7ClF3NO/c1-5-2-7(9)13-3-6(5)14-4-8(10,11)12/h2-3H,4H2,1H3. The molecule has 0 aliphatic heterocycles. The summed E-state index contributed by atoms with van der Waals surface area (Å²) in [6.07, 6.45) is -3.17. The lowest BCUT2D eigenvalue weighted by Gasteiger charge is -2.10. The van der Waals surface area contributed by atoms with Crippen LogP contribution in [0.1, 0.15) is 5.56 Å². The second-order valence-electron chi connectivity index (χ2n) is 2.68. The van der Waals surface area contributed by atoms with Crippen molar-refractivity contribution in [2.24, 2.45) is 0 Å². The van der Waals surface area contributed by atoms with Gasteiger partial charge in [-0.15, -0.1) is 0 Å². The van der Waals surface area contributed by atoms with Gasteiger partial charge in [0.2, 0.25) is 0 Å². The van der Waals surface area contributed by atoms with Gasteiger partial charge in [0.05, 0.1) is 6.20 Å². The van der Waals surface area contributed by atoms with Gasteiger partial charge < -0.3 is 4.74 Å². The number of hydrogen-bond donors (Lipinski definition) is 0. The van der Waals surface area contributed by atoms with Crippen LogP contribution in [0.3, 0.4) is 0 Å². The Morgan fingerprint density at radius 3 is 2.64 bits per heavy atom. The van der Waals surface area contributed by atoms with Crippen molar-refractivity contribution < 1.29 is 17.9 Å². The monoisotopic (exact) mass is 225 g/mol. The van der Waals surface area contributed by atoms with E-state index in [1.54, 1.807) is 6.92 Å². The van der Waals surface area contributed by atoms with E-state index in [-0.39, 0.29) is 10.9 Å².